The van der Waals surface area contributed by atoms with Crippen LogP contribution >= 0.6 is 11.8 Å². The van der Waals surface area contributed by atoms with Crippen LogP contribution in [0.15, 0.2) is 21.6 Å². The molecule has 0 spiro atoms. The maximum Gasteiger partial charge on any atom is 0.160 e. The summed E-state index contributed by atoms with van der Waals surface area (Å²) in [5, 5.41) is 12.2. The molecule has 3 aliphatic rings. The number of furan rings is 1. The highest BCUT2D eigenvalue weighted by Gasteiger charge is 2.36. The number of thioether (sulfide) groups is 1. The minimum absolute atomic E-state index is 0.231. The van der Waals surface area contributed by atoms with E-state index in [0.29, 0.717) is 0 Å². The van der Waals surface area contributed by atoms with Crippen LogP contribution in [-0.4, -0.2) is 71.7 Å². The summed E-state index contributed by atoms with van der Waals surface area (Å²) in [6, 6.07) is 4.47. The number of β-amino-alcohol motifs (C(OH)–C–C–N with tert-alkyl or cyclic N) is 1. The maximum absolute atomic E-state index is 10.5. The van der Waals surface area contributed by atoms with Crippen molar-refractivity contribution in [2.75, 3.05) is 39.4 Å². The summed E-state index contributed by atoms with van der Waals surface area (Å²) in [5.74, 6) is 1.02. The van der Waals surface area contributed by atoms with E-state index in [0.717, 1.165) is 62.0 Å². The molecular weight excluding hydrogens is 336 g/mol. The van der Waals surface area contributed by atoms with E-state index in [1.165, 1.54) is 32.1 Å². The molecule has 1 saturated carbocycles. The number of likely N-dealkylation sites (tertiary alicyclic amines) is 1. The monoisotopic (exact) mass is 366 g/mol. The Morgan fingerprint density at radius 1 is 1.08 bits per heavy atom. The number of aliphatic hydroxyl groups is 1. The van der Waals surface area contributed by atoms with Gasteiger partial charge < -0.3 is 14.3 Å². The Balaban J connectivity index is 1.29. The molecule has 0 amide bonds. The second kappa shape index (κ2) is 8.44. The molecule has 1 aromatic rings. The summed E-state index contributed by atoms with van der Waals surface area (Å²) >= 11 is 1.91. The van der Waals surface area contributed by atoms with Crippen molar-refractivity contribution in [2.45, 2.75) is 61.1 Å². The van der Waals surface area contributed by atoms with Crippen LogP contribution in [0, 0.1) is 0 Å². The Morgan fingerprint density at radius 2 is 1.88 bits per heavy atom. The van der Waals surface area contributed by atoms with Gasteiger partial charge in [0.2, 0.25) is 0 Å². The summed E-state index contributed by atoms with van der Waals surface area (Å²) in [5.41, 5.74) is 0. The lowest BCUT2D eigenvalue weighted by Gasteiger charge is -2.33. The molecule has 6 heteroatoms. The van der Waals surface area contributed by atoms with Crippen LogP contribution in [-0.2, 0) is 11.3 Å². The standard InChI is InChI=1S/C19H30N2O3S/c22-18-14-20(13-17(18)21-8-10-23-11-9-21)12-15-6-7-19(24-15)25-16-4-2-1-3-5-16/h6-7,16-18,22H,1-5,8-14H2/t17-,18-/m0/s1. The molecule has 1 aromatic heterocycles. The Hall–Kier alpha value is -0.530. The molecule has 1 N–H and O–H groups in total. The van der Waals surface area contributed by atoms with Gasteiger partial charge in [0.1, 0.15) is 5.76 Å². The number of morpholine rings is 1. The SMILES string of the molecule is O[C@H]1CN(Cc2ccc(SC3CCCCC3)o2)C[C@@H]1N1CCOCC1. The molecular formula is C19H30N2O3S. The van der Waals surface area contributed by atoms with Crippen LogP contribution in [0.1, 0.15) is 37.9 Å². The van der Waals surface area contributed by atoms with Crippen molar-refractivity contribution in [2.24, 2.45) is 0 Å². The fourth-order valence-electron chi connectivity index (χ4n) is 4.32. The number of hydrogen-bond acceptors (Lipinski definition) is 6. The summed E-state index contributed by atoms with van der Waals surface area (Å²) in [4.78, 5) is 4.69. The molecule has 2 aliphatic heterocycles. The highest BCUT2D eigenvalue weighted by Crippen LogP contribution is 2.34. The largest absolute Gasteiger partial charge is 0.454 e. The van der Waals surface area contributed by atoms with Crippen LogP contribution in [0.2, 0.25) is 0 Å². The topological polar surface area (TPSA) is 49.1 Å². The Bertz CT molecular complexity index is 541. The molecule has 0 aromatic carbocycles. The minimum Gasteiger partial charge on any atom is -0.454 e. The van der Waals surface area contributed by atoms with Gasteiger partial charge in [0.05, 0.1) is 25.9 Å². The second-order valence-electron chi connectivity index (χ2n) is 7.58. The quantitative estimate of drug-likeness (QED) is 0.864. The molecule has 3 fully saturated rings. The van der Waals surface area contributed by atoms with Gasteiger partial charge in [-0.25, -0.2) is 0 Å². The van der Waals surface area contributed by atoms with E-state index in [1.807, 2.05) is 11.8 Å². The molecule has 25 heavy (non-hydrogen) atoms. The first-order chi connectivity index (χ1) is 12.3. The van der Waals surface area contributed by atoms with E-state index in [9.17, 15) is 5.11 Å². The predicted octanol–water partition coefficient (Wildman–Crippen LogP) is 2.58. The van der Waals surface area contributed by atoms with E-state index >= 15 is 0 Å². The van der Waals surface area contributed by atoms with Crippen LogP contribution < -0.4 is 0 Å². The van der Waals surface area contributed by atoms with Crippen molar-refractivity contribution in [3.63, 3.8) is 0 Å². The molecule has 4 rings (SSSR count). The van der Waals surface area contributed by atoms with Gasteiger partial charge in [-0.1, -0.05) is 31.0 Å². The van der Waals surface area contributed by atoms with Crippen LogP contribution in [0.5, 0.6) is 0 Å². The molecule has 140 valence electrons. The lowest BCUT2D eigenvalue weighted by atomic mass is 10.0. The van der Waals surface area contributed by atoms with Gasteiger partial charge >= 0.3 is 0 Å². The zero-order chi connectivity index (χ0) is 17.1. The fourth-order valence-corrected chi connectivity index (χ4v) is 5.52. The third kappa shape index (κ3) is 4.61. The molecule has 0 bridgehead atoms. The molecule has 1 aliphatic carbocycles. The third-order valence-electron chi connectivity index (χ3n) is 5.70. The fraction of sp³-hybridized carbons (Fsp3) is 0.789. The Kier molecular flexibility index (Phi) is 6.03. The van der Waals surface area contributed by atoms with E-state index in [4.69, 9.17) is 9.15 Å². The molecule has 5 nitrogen and oxygen atoms in total. The van der Waals surface area contributed by atoms with Crippen molar-refractivity contribution in [1.82, 2.24) is 9.80 Å². The summed E-state index contributed by atoms with van der Waals surface area (Å²) < 4.78 is 11.5. The van der Waals surface area contributed by atoms with E-state index in [1.54, 1.807) is 0 Å². The average molecular weight is 367 g/mol. The van der Waals surface area contributed by atoms with Crippen LogP contribution in [0.3, 0.4) is 0 Å². The van der Waals surface area contributed by atoms with Crippen molar-refractivity contribution >= 4 is 11.8 Å². The van der Waals surface area contributed by atoms with Gasteiger partial charge in [0.25, 0.3) is 0 Å². The Labute approximate surface area is 154 Å². The number of hydrogen-bond donors (Lipinski definition) is 1. The molecule has 3 heterocycles. The molecule has 0 radical (unpaired) electrons. The lowest BCUT2D eigenvalue weighted by Crippen LogP contribution is -2.48. The van der Waals surface area contributed by atoms with Gasteiger partial charge in [-0.05, 0) is 25.0 Å². The van der Waals surface area contributed by atoms with Crippen molar-refractivity contribution in [3.8, 4) is 0 Å². The molecule has 2 saturated heterocycles. The number of rotatable bonds is 5. The van der Waals surface area contributed by atoms with E-state index in [2.05, 4.69) is 21.9 Å². The average Bonchev–Trinajstić information content (AvgIpc) is 3.23. The predicted molar refractivity (Wildman–Crippen MR) is 98.9 cm³/mol. The summed E-state index contributed by atoms with van der Waals surface area (Å²) in [6.45, 7) is 5.85. The number of ether oxygens (including phenoxy) is 1. The zero-order valence-corrected chi connectivity index (χ0v) is 15.8. The highest BCUT2D eigenvalue weighted by molar-refractivity contribution is 7.99. The van der Waals surface area contributed by atoms with Gasteiger partial charge in [-0.15, -0.1) is 0 Å². The third-order valence-corrected chi connectivity index (χ3v) is 6.96. The summed E-state index contributed by atoms with van der Waals surface area (Å²) in [7, 11) is 0. The van der Waals surface area contributed by atoms with Gasteiger partial charge in [0.15, 0.2) is 5.09 Å². The van der Waals surface area contributed by atoms with Gasteiger partial charge in [-0.3, -0.25) is 9.80 Å². The first-order valence-corrected chi connectivity index (χ1v) is 10.6. The minimum atomic E-state index is -0.274. The zero-order valence-electron chi connectivity index (χ0n) is 14.9. The highest BCUT2D eigenvalue weighted by atomic mass is 32.2. The smallest absolute Gasteiger partial charge is 0.160 e. The first kappa shape index (κ1) is 17.9. The maximum atomic E-state index is 10.5. The summed E-state index contributed by atoms with van der Waals surface area (Å²) in [6.07, 6.45) is 6.48. The Morgan fingerprint density at radius 3 is 2.68 bits per heavy atom. The molecule has 0 unspecified atom stereocenters. The number of nitrogens with zero attached hydrogens (tertiary/aromatic N) is 2. The van der Waals surface area contributed by atoms with Crippen LogP contribution in [0.25, 0.3) is 0 Å². The van der Waals surface area contributed by atoms with Gasteiger partial charge in [0, 0.05) is 37.5 Å². The normalized spacial score (nSPS) is 30.1. The first-order valence-electron chi connectivity index (χ1n) is 9.75. The lowest BCUT2D eigenvalue weighted by molar-refractivity contribution is -0.00619. The van der Waals surface area contributed by atoms with Crippen molar-refractivity contribution < 1.29 is 14.3 Å². The number of aliphatic hydroxyl groups excluding tert-OH is 1. The van der Waals surface area contributed by atoms with E-state index in [-0.39, 0.29) is 12.1 Å². The van der Waals surface area contributed by atoms with Crippen molar-refractivity contribution in [3.05, 3.63) is 17.9 Å². The molecule has 2 atom stereocenters. The van der Waals surface area contributed by atoms with E-state index < -0.39 is 0 Å². The second-order valence-corrected chi connectivity index (χ2v) is 8.88. The van der Waals surface area contributed by atoms with Gasteiger partial charge in [-0.2, -0.15) is 0 Å². The van der Waals surface area contributed by atoms with Crippen LogP contribution in [0.4, 0.5) is 0 Å². The van der Waals surface area contributed by atoms with Crippen molar-refractivity contribution in [1.29, 1.82) is 0 Å².